The zero-order valence-corrected chi connectivity index (χ0v) is 22.7. The standard InChI is InChI=1S/C28H25Br2NO3/c1-17-5-7-18(8-6-17)16-33-25-22(29)13-19(14-23(25)30)15-24-27(32)34-26(31-24)20-9-11-21(12-10-20)28(2,3)4/h5-15H,16H2,1-4H3/b24-15-. The Bertz CT molecular complexity index is 1260. The zero-order valence-electron chi connectivity index (χ0n) is 19.5. The minimum absolute atomic E-state index is 0.0501. The normalized spacial score (nSPS) is 14.8. The van der Waals surface area contributed by atoms with Crippen molar-refractivity contribution in [3.63, 3.8) is 0 Å². The number of ether oxygens (including phenoxy) is 2. The van der Waals surface area contributed by atoms with E-state index in [1.165, 1.54) is 11.1 Å². The molecule has 174 valence electrons. The first kappa shape index (κ1) is 24.4. The fourth-order valence-electron chi connectivity index (χ4n) is 3.44. The lowest BCUT2D eigenvalue weighted by Crippen LogP contribution is -2.11. The lowest BCUT2D eigenvalue weighted by molar-refractivity contribution is -0.129. The summed E-state index contributed by atoms with van der Waals surface area (Å²) >= 11 is 7.17. The number of esters is 1. The summed E-state index contributed by atoms with van der Waals surface area (Å²) in [6, 6.07) is 19.9. The maximum Gasteiger partial charge on any atom is 0.363 e. The summed E-state index contributed by atoms with van der Waals surface area (Å²) in [5.74, 6) is 0.537. The molecule has 1 aliphatic heterocycles. The van der Waals surface area contributed by atoms with Gasteiger partial charge in [-0.05, 0) is 91.2 Å². The summed E-state index contributed by atoms with van der Waals surface area (Å²) in [6.07, 6.45) is 1.71. The SMILES string of the molecule is Cc1ccc(COc2c(Br)cc(/C=C3\N=C(c4ccc(C(C)(C)C)cc4)OC3=O)cc2Br)cc1. The number of hydrogen-bond donors (Lipinski definition) is 0. The predicted molar refractivity (Wildman–Crippen MR) is 143 cm³/mol. The average Bonchev–Trinajstić information content (AvgIpc) is 3.14. The largest absolute Gasteiger partial charge is 0.487 e. The van der Waals surface area contributed by atoms with Gasteiger partial charge in [-0.25, -0.2) is 9.79 Å². The maximum absolute atomic E-state index is 12.5. The number of halogens is 2. The molecule has 4 rings (SSSR count). The Balaban J connectivity index is 1.53. The number of aliphatic imine (C=N–C) groups is 1. The smallest absolute Gasteiger partial charge is 0.363 e. The fourth-order valence-corrected chi connectivity index (χ4v) is 4.89. The summed E-state index contributed by atoms with van der Waals surface area (Å²) in [7, 11) is 0. The lowest BCUT2D eigenvalue weighted by Gasteiger charge is -2.18. The molecule has 0 unspecified atom stereocenters. The van der Waals surface area contributed by atoms with Crippen LogP contribution in [0, 0.1) is 6.92 Å². The first-order valence-electron chi connectivity index (χ1n) is 10.9. The summed E-state index contributed by atoms with van der Waals surface area (Å²) < 4.78 is 13.0. The van der Waals surface area contributed by atoms with E-state index in [2.05, 4.69) is 76.7 Å². The molecule has 6 heteroatoms. The number of hydrogen-bond acceptors (Lipinski definition) is 4. The summed E-state index contributed by atoms with van der Waals surface area (Å²) in [5, 5.41) is 0. The molecule has 4 nitrogen and oxygen atoms in total. The molecular weight excluding hydrogens is 558 g/mol. The molecule has 0 amide bonds. The molecular formula is C28H25Br2NO3. The zero-order chi connectivity index (χ0) is 24.5. The molecule has 1 heterocycles. The molecule has 3 aromatic rings. The first-order chi connectivity index (χ1) is 16.1. The third-order valence-corrected chi connectivity index (χ3v) is 6.62. The molecule has 34 heavy (non-hydrogen) atoms. The van der Waals surface area contributed by atoms with Crippen LogP contribution in [0.2, 0.25) is 0 Å². The highest BCUT2D eigenvalue weighted by Gasteiger charge is 2.25. The number of nitrogens with zero attached hydrogens (tertiary/aromatic N) is 1. The molecule has 0 N–H and O–H groups in total. The van der Waals surface area contributed by atoms with E-state index in [1.54, 1.807) is 6.08 Å². The Kier molecular flexibility index (Phi) is 7.10. The second-order valence-corrected chi connectivity index (χ2v) is 11.0. The molecule has 0 spiro atoms. The van der Waals surface area contributed by atoms with Crippen LogP contribution in [0.5, 0.6) is 5.75 Å². The number of cyclic esters (lactones) is 1. The third-order valence-electron chi connectivity index (χ3n) is 5.45. The minimum atomic E-state index is -0.471. The molecule has 0 saturated carbocycles. The van der Waals surface area contributed by atoms with Gasteiger partial charge in [0.1, 0.15) is 12.4 Å². The molecule has 0 bridgehead atoms. The van der Waals surface area contributed by atoms with Crippen LogP contribution in [0.25, 0.3) is 6.08 Å². The third kappa shape index (κ3) is 5.68. The van der Waals surface area contributed by atoms with Gasteiger partial charge >= 0.3 is 5.97 Å². The van der Waals surface area contributed by atoms with Gasteiger partial charge in [0, 0.05) is 5.56 Å². The molecule has 0 fully saturated rings. The van der Waals surface area contributed by atoms with Gasteiger partial charge in [0.25, 0.3) is 0 Å². The fraction of sp³-hybridized carbons (Fsp3) is 0.214. The Morgan fingerprint density at radius 1 is 0.971 bits per heavy atom. The van der Waals surface area contributed by atoms with Crippen molar-refractivity contribution >= 4 is 49.8 Å². The molecule has 0 radical (unpaired) electrons. The Morgan fingerprint density at radius 2 is 1.59 bits per heavy atom. The van der Waals surface area contributed by atoms with Crippen LogP contribution in [0.15, 0.2) is 80.3 Å². The molecule has 0 atom stereocenters. The van der Waals surface area contributed by atoms with Crippen molar-refractivity contribution in [3.8, 4) is 5.75 Å². The second-order valence-electron chi connectivity index (χ2n) is 9.25. The number of carbonyl (C=O) groups excluding carboxylic acids is 1. The van der Waals surface area contributed by atoms with Gasteiger partial charge in [0.05, 0.1) is 8.95 Å². The number of carbonyl (C=O) groups is 1. The van der Waals surface area contributed by atoms with Crippen LogP contribution < -0.4 is 4.74 Å². The quantitative estimate of drug-likeness (QED) is 0.228. The van der Waals surface area contributed by atoms with E-state index in [-0.39, 0.29) is 11.1 Å². The predicted octanol–water partition coefficient (Wildman–Crippen LogP) is 7.74. The molecule has 0 aromatic heterocycles. The highest BCUT2D eigenvalue weighted by Crippen LogP contribution is 2.36. The van der Waals surface area contributed by atoms with E-state index in [0.29, 0.717) is 18.3 Å². The van der Waals surface area contributed by atoms with Crippen LogP contribution in [0.4, 0.5) is 0 Å². The molecule has 0 saturated heterocycles. The van der Waals surface area contributed by atoms with Gasteiger partial charge in [-0.1, -0.05) is 62.7 Å². The van der Waals surface area contributed by atoms with Crippen molar-refractivity contribution < 1.29 is 14.3 Å². The van der Waals surface area contributed by atoms with E-state index in [9.17, 15) is 4.79 Å². The molecule has 1 aliphatic rings. The van der Waals surface area contributed by atoms with Crippen molar-refractivity contribution in [2.24, 2.45) is 4.99 Å². The lowest BCUT2D eigenvalue weighted by atomic mass is 9.87. The van der Waals surface area contributed by atoms with Crippen molar-refractivity contribution in [2.45, 2.75) is 39.7 Å². The average molecular weight is 583 g/mol. The van der Waals surface area contributed by atoms with E-state index in [4.69, 9.17) is 9.47 Å². The summed E-state index contributed by atoms with van der Waals surface area (Å²) in [6.45, 7) is 8.98. The van der Waals surface area contributed by atoms with E-state index in [1.807, 2.05) is 48.5 Å². The van der Waals surface area contributed by atoms with E-state index in [0.717, 1.165) is 25.6 Å². The van der Waals surface area contributed by atoms with Crippen LogP contribution in [0.3, 0.4) is 0 Å². The van der Waals surface area contributed by atoms with Crippen LogP contribution in [-0.4, -0.2) is 11.9 Å². The van der Waals surface area contributed by atoms with Gasteiger partial charge < -0.3 is 9.47 Å². The van der Waals surface area contributed by atoms with Crippen molar-refractivity contribution in [3.05, 3.63) is 103 Å². The Hall–Kier alpha value is -2.70. The summed E-state index contributed by atoms with van der Waals surface area (Å²) in [4.78, 5) is 16.9. The van der Waals surface area contributed by atoms with Crippen LogP contribution in [0.1, 0.15) is 48.6 Å². The number of benzene rings is 3. The van der Waals surface area contributed by atoms with Crippen molar-refractivity contribution in [1.82, 2.24) is 0 Å². The van der Waals surface area contributed by atoms with Gasteiger partial charge in [-0.3, -0.25) is 0 Å². The minimum Gasteiger partial charge on any atom is -0.487 e. The van der Waals surface area contributed by atoms with Gasteiger partial charge in [-0.2, -0.15) is 0 Å². The van der Waals surface area contributed by atoms with Crippen molar-refractivity contribution in [2.75, 3.05) is 0 Å². The monoisotopic (exact) mass is 581 g/mol. The van der Waals surface area contributed by atoms with Crippen molar-refractivity contribution in [1.29, 1.82) is 0 Å². The summed E-state index contributed by atoms with van der Waals surface area (Å²) in [5.41, 5.74) is 5.37. The van der Waals surface area contributed by atoms with Gasteiger partial charge in [0.15, 0.2) is 5.70 Å². The number of aryl methyl sites for hydroxylation is 1. The molecule has 0 aliphatic carbocycles. The Labute approximate surface area is 217 Å². The van der Waals surface area contributed by atoms with Gasteiger partial charge in [-0.15, -0.1) is 0 Å². The molecule has 3 aromatic carbocycles. The second kappa shape index (κ2) is 9.88. The van der Waals surface area contributed by atoms with E-state index < -0.39 is 5.97 Å². The first-order valence-corrected chi connectivity index (χ1v) is 12.5. The Morgan fingerprint density at radius 3 is 2.18 bits per heavy atom. The van der Waals surface area contributed by atoms with Gasteiger partial charge in [0.2, 0.25) is 5.90 Å². The topological polar surface area (TPSA) is 47.9 Å². The van der Waals surface area contributed by atoms with Crippen LogP contribution in [-0.2, 0) is 21.6 Å². The van der Waals surface area contributed by atoms with E-state index >= 15 is 0 Å². The maximum atomic E-state index is 12.5. The van der Waals surface area contributed by atoms with Crippen LogP contribution >= 0.6 is 31.9 Å². The highest BCUT2D eigenvalue weighted by molar-refractivity contribution is 9.11. The highest BCUT2D eigenvalue weighted by atomic mass is 79.9. The number of rotatable bonds is 5.